The molecule has 2 aromatic carbocycles. The van der Waals surface area contributed by atoms with E-state index in [0.717, 1.165) is 9.79 Å². The van der Waals surface area contributed by atoms with Gasteiger partial charge in [0.1, 0.15) is 6.07 Å². The Morgan fingerprint density at radius 3 is 2.52 bits per heavy atom. The summed E-state index contributed by atoms with van der Waals surface area (Å²) < 4.78 is 5.39. The van der Waals surface area contributed by atoms with Crippen LogP contribution in [0.15, 0.2) is 58.3 Å². The SMILES string of the molecule is CC(C)COC[C@H](O)CNC(=O)c1ccccc1Sc1ccccc1C#N. The number of nitrogens with zero attached hydrogens (tertiary/aromatic N) is 1. The number of ether oxygens (including phenoxy) is 1. The predicted octanol–water partition coefficient (Wildman–Crippen LogP) is 3.47. The van der Waals surface area contributed by atoms with E-state index < -0.39 is 6.10 Å². The van der Waals surface area contributed by atoms with Crippen LogP contribution in [0.3, 0.4) is 0 Å². The number of hydrogen-bond donors (Lipinski definition) is 2. The Kier molecular flexibility index (Phi) is 8.34. The van der Waals surface area contributed by atoms with Crippen LogP contribution < -0.4 is 5.32 Å². The highest BCUT2D eigenvalue weighted by Gasteiger charge is 2.15. The van der Waals surface area contributed by atoms with E-state index in [9.17, 15) is 15.2 Å². The monoisotopic (exact) mass is 384 g/mol. The van der Waals surface area contributed by atoms with E-state index in [0.29, 0.717) is 23.7 Å². The number of nitrogens with one attached hydrogen (secondary N) is 1. The summed E-state index contributed by atoms with van der Waals surface area (Å²) in [6, 6.07) is 16.6. The molecule has 1 amide bonds. The zero-order valence-electron chi connectivity index (χ0n) is 15.5. The lowest BCUT2D eigenvalue weighted by atomic mass is 10.2. The summed E-state index contributed by atoms with van der Waals surface area (Å²) in [5.74, 6) is 0.127. The van der Waals surface area contributed by atoms with Crippen molar-refractivity contribution in [1.29, 1.82) is 5.26 Å². The van der Waals surface area contributed by atoms with Crippen molar-refractivity contribution >= 4 is 17.7 Å². The van der Waals surface area contributed by atoms with Crippen LogP contribution >= 0.6 is 11.8 Å². The molecule has 2 aromatic rings. The van der Waals surface area contributed by atoms with Crippen molar-refractivity contribution in [3.63, 3.8) is 0 Å². The normalized spacial score (nSPS) is 11.8. The molecular formula is C21H24N2O3S. The summed E-state index contributed by atoms with van der Waals surface area (Å²) in [6.07, 6.45) is -0.758. The Bertz CT molecular complexity index is 802. The fraction of sp³-hybridized carbons (Fsp3) is 0.333. The van der Waals surface area contributed by atoms with Gasteiger partial charge < -0.3 is 15.2 Å². The van der Waals surface area contributed by atoms with Crippen LogP contribution in [0.5, 0.6) is 0 Å². The predicted molar refractivity (Wildman–Crippen MR) is 106 cm³/mol. The van der Waals surface area contributed by atoms with Gasteiger partial charge in [-0.3, -0.25) is 4.79 Å². The molecule has 0 heterocycles. The van der Waals surface area contributed by atoms with Gasteiger partial charge in [-0.2, -0.15) is 5.26 Å². The second-order valence-electron chi connectivity index (χ2n) is 6.50. The van der Waals surface area contributed by atoms with E-state index in [1.807, 2.05) is 44.2 Å². The van der Waals surface area contributed by atoms with Crippen molar-refractivity contribution < 1.29 is 14.6 Å². The van der Waals surface area contributed by atoms with E-state index in [-0.39, 0.29) is 19.1 Å². The lowest BCUT2D eigenvalue weighted by Gasteiger charge is -2.15. The number of aliphatic hydroxyl groups is 1. The lowest BCUT2D eigenvalue weighted by Crippen LogP contribution is -2.35. The quantitative estimate of drug-likeness (QED) is 0.692. The summed E-state index contributed by atoms with van der Waals surface area (Å²) in [7, 11) is 0. The minimum atomic E-state index is -0.758. The first-order valence-electron chi connectivity index (χ1n) is 8.81. The van der Waals surface area contributed by atoms with Gasteiger partial charge in [-0.1, -0.05) is 49.9 Å². The van der Waals surface area contributed by atoms with Crippen molar-refractivity contribution in [2.45, 2.75) is 29.7 Å². The van der Waals surface area contributed by atoms with Gasteiger partial charge in [-0.25, -0.2) is 0 Å². The fourth-order valence-corrected chi connectivity index (χ4v) is 3.34. The second-order valence-corrected chi connectivity index (χ2v) is 7.59. The number of rotatable bonds is 9. The van der Waals surface area contributed by atoms with E-state index in [1.165, 1.54) is 11.8 Å². The first kappa shape index (κ1) is 21.0. The Labute approximate surface area is 164 Å². The average Bonchev–Trinajstić information content (AvgIpc) is 2.66. The molecule has 0 radical (unpaired) electrons. The maximum atomic E-state index is 12.6. The Hall–Kier alpha value is -2.33. The second kappa shape index (κ2) is 10.7. The van der Waals surface area contributed by atoms with Crippen LogP contribution in [0.4, 0.5) is 0 Å². The highest BCUT2D eigenvalue weighted by Crippen LogP contribution is 2.32. The molecule has 0 aliphatic rings. The van der Waals surface area contributed by atoms with Crippen molar-refractivity contribution in [2.75, 3.05) is 19.8 Å². The molecule has 0 bridgehead atoms. The smallest absolute Gasteiger partial charge is 0.252 e. The first-order chi connectivity index (χ1) is 13.0. The van der Waals surface area contributed by atoms with Crippen LogP contribution in [0.1, 0.15) is 29.8 Å². The summed E-state index contributed by atoms with van der Waals surface area (Å²) in [5, 5.41) is 21.9. The van der Waals surface area contributed by atoms with Gasteiger partial charge in [0.15, 0.2) is 0 Å². The van der Waals surface area contributed by atoms with Crippen molar-refractivity contribution in [2.24, 2.45) is 5.92 Å². The molecule has 5 nitrogen and oxygen atoms in total. The third-order valence-electron chi connectivity index (χ3n) is 3.62. The average molecular weight is 385 g/mol. The molecule has 142 valence electrons. The molecule has 1 atom stereocenters. The number of carbonyl (C=O) groups is 1. The van der Waals surface area contributed by atoms with Gasteiger partial charge in [-0.15, -0.1) is 0 Å². The highest BCUT2D eigenvalue weighted by atomic mass is 32.2. The largest absolute Gasteiger partial charge is 0.389 e. The molecule has 2 rings (SSSR count). The number of amides is 1. The minimum absolute atomic E-state index is 0.116. The van der Waals surface area contributed by atoms with Gasteiger partial charge in [0.2, 0.25) is 0 Å². The molecule has 6 heteroatoms. The Morgan fingerprint density at radius 2 is 1.81 bits per heavy atom. The molecule has 2 N–H and O–H groups in total. The zero-order chi connectivity index (χ0) is 19.6. The molecule has 0 spiro atoms. The molecule has 0 saturated carbocycles. The van der Waals surface area contributed by atoms with Crippen LogP contribution in [0, 0.1) is 17.2 Å². The van der Waals surface area contributed by atoms with E-state index in [2.05, 4.69) is 11.4 Å². The molecular weight excluding hydrogens is 360 g/mol. The van der Waals surface area contributed by atoms with E-state index >= 15 is 0 Å². The lowest BCUT2D eigenvalue weighted by molar-refractivity contribution is 0.0259. The van der Waals surface area contributed by atoms with Crippen LogP contribution in [-0.2, 0) is 4.74 Å². The van der Waals surface area contributed by atoms with Crippen LogP contribution in [-0.4, -0.2) is 36.9 Å². The fourth-order valence-electron chi connectivity index (χ4n) is 2.31. The molecule has 0 saturated heterocycles. The topological polar surface area (TPSA) is 82.3 Å². The number of benzene rings is 2. The van der Waals surface area contributed by atoms with Gasteiger partial charge >= 0.3 is 0 Å². The van der Waals surface area contributed by atoms with Crippen LogP contribution in [0.25, 0.3) is 0 Å². The van der Waals surface area contributed by atoms with E-state index in [4.69, 9.17) is 4.74 Å². The highest BCUT2D eigenvalue weighted by molar-refractivity contribution is 7.99. The number of nitriles is 1. The summed E-state index contributed by atoms with van der Waals surface area (Å²) in [5.41, 5.74) is 1.07. The Morgan fingerprint density at radius 1 is 1.15 bits per heavy atom. The minimum Gasteiger partial charge on any atom is -0.389 e. The molecule has 0 aromatic heterocycles. The molecule has 0 fully saturated rings. The molecule has 0 aliphatic heterocycles. The first-order valence-corrected chi connectivity index (χ1v) is 9.63. The standard InChI is InChI=1S/C21H24N2O3S/c1-15(2)13-26-14-17(24)12-23-21(25)18-8-4-6-10-20(18)27-19-9-5-3-7-16(19)11-22/h3-10,15,17,24H,12-14H2,1-2H3,(H,23,25)/t17-/m1/s1. The summed E-state index contributed by atoms with van der Waals surface area (Å²) in [6.45, 7) is 4.94. The van der Waals surface area contributed by atoms with Gasteiger partial charge in [0.25, 0.3) is 5.91 Å². The maximum absolute atomic E-state index is 12.6. The number of hydrogen-bond acceptors (Lipinski definition) is 5. The molecule has 27 heavy (non-hydrogen) atoms. The summed E-state index contributed by atoms with van der Waals surface area (Å²) >= 11 is 1.37. The van der Waals surface area contributed by atoms with Gasteiger partial charge in [-0.05, 0) is 30.2 Å². The molecule has 0 unspecified atom stereocenters. The van der Waals surface area contributed by atoms with Gasteiger partial charge in [0.05, 0.1) is 23.8 Å². The maximum Gasteiger partial charge on any atom is 0.252 e. The zero-order valence-corrected chi connectivity index (χ0v) is 16.3. The van der Waals surface area contributed by atoms with E-state index in [1.54, 1.807) is 18.2 Å². The van der Waals surface area contributed by atoms with Crippen molar-refractivity contribution in [3.05, 3.63) is 59.7 Å². The van der Waals surface area contributed by atoms with Crippen molar-refractivity contribution in [1.82, 2.24) is 5.32 Å². The van der Waals surface area contributed by atoms with Gasteiger partial charge in [0, 0.05) is 22.9 Å². The summed E-state index contributed by atoms with van der Waals surface area (Å²) in [4.78, 5) is 14.1. The van der Waals surface area contributed by atoms with Crippen molar-refractivity contribution in [3.8, 4) is 6.07 Å². The number of aliphatic hydroxyl groups excluding tert-OH is 1. The Balaban J connectivity index is 2.00. The third kappa shape index (κ3) is 6.72. The third-order valence-corrected chi connectivity index (χ3v) is 4.77. The number of carbonyl (C=O) groups excluding carboxylic acids is 1. The molecule has 0 aliphatic carbocycles. The van der Waals surface area contributed by atoms with Crippen LogP contribution in [0.2, 0.25) is 0 Å².